The molecule has 1 aromatic heterocycles. The monoisotopic (exact) mass is 282 g/mol. The Morgan fingerprint density at radius 1 is 1.47 bits per heavy atom. The minimum atomic E-state index is -0.942. The Balaban J connectivity index is 2.54. The van der Waals surface area contributed by atoms with Crippen LogP contribution >= 0.6 is 11.6 Å². The van der Waals surface area contributed by atoms with Crippen molar-refractivity contribution < 1.29 is 14.3 Å². The Morgan fingerprint density at radius 3 is 2.74 bits per heavy atom. The normalized spacial score (nSPS) is 10.7. The minimum Gasteiger partial charge on any atom is -0.481 e. The average molecular weight is 283 g/mol. The van der Waals surface area contributed by atoms with Gasteiger partial charge in [-0.15, -0.1) is 0 Å². The van der Waals surface area contributed by atoms with Crippen molar-refractivity contribution in [2.75, 3.05) is 0 Å². The van der Waals surface area contributed by atoms with E-state index in [1.54, 1.807) is 19.9 Å². The van der Waals surface area contributed by atoms with Crippen LogP contribution in [-0.2, 0) is 11.2 Å². The van der Waals surface area contributed by atoms with Gasteiger partial charge in [-0.05, 0) is 32.0 Å². The molecular weight excluding hydrogens is 271 g/mol. The van der Waals surface area contributed by atoms with Crippen molar-refractivity contribution >= 4 is 17.6 Å². The number of halogens is 2. The molecule has 1 heterocycles. The van der Waals surface area contributed by atoms with Gasteiger partial charge in [-0.3, -0.25) is 4.79 Å². The van der Waals surface area contributed by atoms with Gasteiger partial charge < -0.3 is 5.11 Å². The standard InChI is InChI=1S/C13H12ClFN2O2/c1-7-10(6-13(18)19)8(2)17(16-7)12-4-3-9(14)5-11(12)15/h3-5H,6H2,1-2H3,(H,18,19). The molecule has 2 rings (SSSR count). The van der Waals surface area contributed by atoms with Gasteiger partial charge in [-0.2, -0.15) is 5.10 Å². The number of rotatable bonds is 3. The number of carboxylic acid groups (broad SMARTS) is 1. The lowest BCUT2D eigenvalue weighted by molar-refractivity contribution is -0.136. The summed E-state index contributed by atoms with van der Waals surface area (Å²) in [5, 5.41) is 13.4. The molecule has 0 radical (unpaired) electrons. The lowest BCUT2D eigenvalue weighted by Crippen LogP contribution is -2.04. The summed E-state index contributed by atoms with van der Waals surface area (Å²) in [7, 11) is 0. The summed E-state index contributed by atoms with van der Waals surface area (Å²) in [6, 6.07) is 4.28. The first-order chi connectivity index (χ1) is 8.90. The molecule has 1 aromatic carbocycles. The molecule has 0 amide bonds. The molecule has 0 spiro atoms. The predicted octanol–water partition coefficient (Wildman–Crippen LogP) is 2.91. The molecule has 0 fully saturated rings. The molecule has 0 aliphatic rings. The van der Waals surface area contributed by atoms with E-state index in [1.807, 2.05) is 0 Å². The van der Waals surface area contributed by atoms with Crippen LogP contribution < -0.4 is 0 Å². The summed E-state index contributed by atoms with van der Waals surface area (Å²) in [6.45, 7) is 3.42. The summed E-state index contributed by atoms with van der Waals surface area (Å²) < 4.78 is 15.3. The molecule has 1 N–H and O–H groups in total. The Hall–Kier alpha value is -1.88. The lowest BCUT2D eigenvalue weighted by atomic mass is 10.1. The van der Waals surface area contributed by atoms with Crippen LogP contribution in [0, 0.1) is 19.7 Å². The van der Waals surface area contributed by atoms with E-state index < -0.39 is 11.8 Å². The molecule has 4 nitrogen and oxygen atoms in total. The van der Waals surface area contributed by atoms with E-state index in [0.717, 1.165) is 0 Å². The topological polar surface area (TPSA) is 55.1 Å². The van der Waals surface area contributed by atoms with Gasteiger partial charge in [0.1, 0.15) is 11.5 Å². The Labute approximate surface area is 114 Å². The Kier molecular flexibility index (Phi) is 3.57. The maximum atomic E-state index is 13.9. The molecule has 0 aliphatic heterocycles. The van der Waals surface area contributed by atoms with Crippen LogP contribution in [0.4, 0.5) is 4.39 Å². The van der Waals surface area contributed by atoms with Gasteiger partial charge in [0.05, 0.1) is 12.1 Å². The highest BCUT2D eigenvalue weighted by Crippen LogP contribution is 2.22. The molecular formula is C13H12ClFN2O2. The first-order valence-corrected chi connectivity index (χ1v) is 6.00. The first-order valence-electron chi connectivity index (χ1n) is 5.62. The van der Waals surface area contributed by atoms with Crippen LogP contribution in [0.25, 0.3) is 5.69 Å². The van der Waals surface area contributed by atoms with Gasteiger partial charge in [0.15, 0.2) is 0 Å². The zero-order valence-corrected chi connectivity index (χ0v) is 11.2. The smallest absolute Gasteiger partial charge is 0.307 e. The number of hydrogen-bond donors (Lipinski definition) is 1. The van der Waals surface area contributed by atoms with E-state index in [0.29, 0.717) is 22.0 Å². The number of aliphatic carboxylic acids is 1. The maximum Gasteiger partial charge on any atom is 0.307 e. The zero-order valence-electron chi connectivity index (χ0n) is 10.4. The van der Waals surface area contributed by atoms with Gasteiger partial charge in [-0.25, -0.2) is 9.07 Å². The number of hydrogen-bond acceptors (Lipinski definition) is 2. The van der Waals surface area contributed by atoms with Crippen molar-refractivity contribution in [1.82, 2.24) is 9.78 Å². The van der Waals surface area contributed by atoms with Gasteiger partial charge in [0, 0.05) is 16.3 Å². The molecule has 0 bridgehead atoms. The van der Waals surface area contributed by atoms with E-state index in [9.17, 15) is 9.18 Å². The summed E-state index contributed by atoms with van der Waals surface area (Å²) in [4.78, 5) is 10.8. The van der Waals surface area contributed by atoms with E-state index in [4.69, 9.17) is 16.7 Å². The fourth-order valence-electron chi connectivity index (χ4n) is 1.97. The second-order valence-corrected chi connectivity index (χ2v) is 4.66. The van der Waals surface area contributed by atoms with Crippen LogP contribution in [0.2, 0.25) is 5.02 Å². The maximum absolute atomic E-state index is 13.9. The SMILES string of the molecule is Cc1nn(-c2ccc(Cl)cc2F)c(C)c1CC(=O)O. The molecule has 6 heteroatoms. The second kappa shape index (κ2) is 5.01. The largest absolute Gasteiger partial charge is 0.481 e. The van der Waals surface area contributed by atoms with Crippen LogP contribution in [-0.4, -0.2) is 20.9 Å². The fourth-order valence-corrected chi connectivity index (χ4v) is 2.13. The molecule has 0 atom stereocenters. The van der Waals surface area contributed by atoms with Crippen LogP contribution in [0.5, 0.6) is 0 Å². The van der Waals surface area contributed by atoms with Crippen molar-refractivity contribution in [3.8, 4) is 5.69 Å². The quantitative estimate of drug-likeness (QED) is 0.942. The second-order valence-electron chi connectivity index (χ2n) is 4.23. The summed E-state index contributed by atoms with van der Waals surface area (Å²) >= 11 is 5.70. The van der Waals surface area contributed by atoms with Gasteiger partial charge in [0.25, 0.3) is 0 Å². The highest BCUT2D eigenvalue weighted by atomic mass is 35.5. The Bertz CT molecular complexity index is 652. The van der Waals surface area contributed by atoms with E-state index in [2.05, 4.69) is 5.10 Å². The van der Waals surface area contributed by atoms with E-state index in [-0.39, 0.29) is 12.1 Å². The molecule has 2 aromatic rings. The van der Waals surface area contributed by atoms with Crippen molar-refractivity contribution in [2.45, 2.75) is 20.3 Å². The number of carboxylic acids is 1. The third-order valence-electron chi connectivity index (χ3n) is 2.91. The average Bonchev–Trinajstić information content (AvgIpc) is 2.57. The number of aryl methyl sites for hydroxylation is 1. The number of benzene rings is 1. The molecule has 0 saturated heterocycles. The van der Waals surface area contributed by atoms with E-state index in [1.165, 1.54) is 16.8 Å². The minimum absolute atomic E-state index is 0.132. The van der Waals surface area contributed by atoms with Gasteiger partial charge in [-0.1, -0.05) is 11.6 Å². The van der Waals surface area contributed by atoms with Crippen LogP contribution in [0.3, 0.4) is 0 Å². The number of nitrogens with zero attached hydrogens (tertiary/aromatic N) is 2. The lowest BCUT2D eigenvalue weighted by Gasteiger charge is -2.06. The molecule has 100 valence electrons. The van der Waals surface area contributed by atoms with Crippen molar-refractivity contribution in [1.29, 1.82) is 0 Å². The zero-order chi connectivity index (χ0) is 14.2. The summed E-state index contributed by atoms with van der Waals surface area (Å²) in [6.07, 6.45) is -0.132. The van der Waals surface area contributed by atoms with Gasteiger partial charge in [0.2, 0.25) is 0 Å². The Morgan fingerprint density at radius 2 is 2.16 bits per heavy atom. The first kappa shape index (κ1) is 13.5. The highest BCUT2D eigenvalue weighted by molar-refractivity contribution is 6.30. The molecule has 0 unspecified atom stereocenters. The van der Waals surface area contributed by atoms with Gasteiger partial charge >= 0.3 is 5.97 Å². The third kappa shape index (κ3) is 2.61. The van der Waals surface area contributed by atoms with Crippen LogP contribution in [0.15, 0.2) is 18.2 Å². The fraction of sp³-hybridized carbons (Fsp3) is 0.231. The summed E-state index contributed by atoms with van der Waals surface area (Å²) in [5.74, 6) is -1.44. The number of aromatic nitrogens is 2. The van der Waals surface area contributed by atoms with E-state index >= 15 is 0 Å². The van der Waals surface area contributed by atoms with Crippen molar-refractivity contribution in [3.63, 3.8) is 0 Å². The molecule has 0 aliphatic carbocycles. The number of carbonyl (C=O) groups is 1. The van der Waals surface area contributed by atoms with Crippen LogP contribution in [0.1, 0.15) is 17.0 Å². The summed E-state index contributed by atoms with van der Waals surface area (Å²) in [5.41, 5.74) is 2.04. The third-order valence-corrected chi connectivity index (χ3v) is 3.14. The van der Waals surface area contributed by atoms with Crippen molar-refractivity contribution in [2.24, 2.45) is 0 Å². The highest BCUT2D eigenvalue weighted by Gasteiger charge is 2.17. The molecule has 0 saturated carbocycles. The molecule has 19 heavy (non-hydrogen) atoms. The van der Waals surface area contributed by atoms with Crippen molar-refractivity contribution in [3.05, 3.63) is 46.0 Å². The predicted molar refractivity (Wildman–Crippen MR) is 69.3 cm³/mol.